The van der Waals surface area contributed by atoms with Crippen LogP contribution in [0.1, 0.15) is 153 Å². The fourth-order valence-electron chi connectivity index (χ4n) is 4.63. The number of esters is 2. The predicted octanol–water partition coefficient (Wildman–Crippen LogP) is 9.96. The number of carbonyl (C=O) groups is 2. The van der Waals surface area contributed by atoms with E-state index < -0.39 is 0 Å². The highest BCUT2D eigenvalue weighted by Crippen LogP contribution is 2.21. The maximum absolute atomic E-state index is 12.1. The maximum atomic E-state index is 12.1. The van der Waals surface area contributed by atoms with Crippen LogP contribution in [0.2, 0.25) is 0 Å². The molecule has 0 spiro atoms. The SMILES string of the molecule is CCCCCCCCCCCCCCCOC(=O)CCCCCCCCC(=O)Oc1cccc(C)c1C. The Bertz CT molecular complexity index is 712. The van der Waals surface area contributed by atoms with Gasteiger partial charge in [-0.25, -0.2) is 0 Å². The molecule has 0 aliphatic rings. The summed E-state index contributed by atoms with van der Waals surface area (Å²) in [5.41, 5.74) is 2.16. The topological polar surface area (TPSA) is 52.6 Å². The van der Waals surface area contributed by atoms with Crippen LogP contribution >= 0.6 is 0 Å². The maximum Gasteiger partial charge on any atom is 0.311 e. The average Bonchev–Trinajstić information content (AvgIpc) is 2.88. The Kier molecular flexibility index (Phi) is 20.9. The first-order valence-electron chi connectivity index (χ1n) is 15.5. The van der Waals surface area contributed by atoms with Gasteiger partial charge < -0.3 is 9.47 Å². The van der Waals surface area contributed by atoms with Gasteiger partial charge in [-0.1, -0.05) is 122 Å². The van der Waals surface area contributed by atoms with Crippen molar-refractivity contribution in [3.05, 3.63) is 29.3 Å². The molecular weight excluding hydrogens is 460 g/mol. The summed E-state index contributed by atoms with van der Waals surface area (Å²) < 4.78 is 10.9. The molecule has 0 amide bonds. The molecule has 0 saturated heterocycles. The summed E-state index contributed by atoms with van der Waals surface area (Å²) in [5.74, 6) is 0.471. The van der Waals surface area contributed by atoms with Crippen LogP contribution in [0.15, 0.2) is 18.2 Å². The fraction of sp³-hybridized carbons (Fsp3) is 0.758. The number of ether oxygens (including phenoxy) is 2. The van der Waals surface area contributed by atoms with E-state index in [9.17, 15) is 9.59 Å². The van der Waals surface area contributed by atoms with Gasteiger partial charge in [0, 0.05) is 12.8 Å². The molecule has 0 aliphatic heterocycles. The van der Waals surface area contributed by atoms with Gasteiger partial charge in [-0.05, 0) is 50.3 Å². The molecule has 0 heterocycles. The van der Waals surface area contributed by atoms with Crippen molar-refractivity contribution in [3.8, 4) is 5.75 Å². The van der Waals surface area contributed by atoms with Crippen molar-refractivity contribution in [2.24, 2.45) is 0 Å². The molecule has 1 aromatic rings. The summed E-state index contributed by atoms with van der Waals surface area (Å²) in [7, 11) is 0. The van der Waals surface area contributed by atoms with E-state index in [4.69, 9.17) is 9.47 Å². The van der Waals surface area contributed by atoms with Gasteiger partial charge in [-0.2, -0.15) is 0 Å². The van der Waals surface area contributed by atoms with Crippen molar-refractivity contribution >= 4 is 11.9 Å². The molecule has 37 heavy (non-hydrogen) atoms. The summed E-state index contributed by atoms with van der Waals surface area (Å²) in [6, 6.07) is 5.79. The number of aryl methyl sites for hydroxylation is 1. The minimum absolute atomic E-state index is 0.0480. The van der Waals surface area contributed by atoms with E-state index >= 15 is 0 Å². The van der Waals surface area contributed by atoms with Crippen molar-refractivity contribution in [2.75, 3.05) is 6.61 Å². The van der Waals surface area contributed by atoms with Crippen molar-refractivity contribution in [1.29, 1.82) is 0 Å². The van der Waals surface area contributed by atoms with Gasteiger partial charge in [-0.15, -0.1) is 0 Å². The molecule has 1 rings (SSSR count). The molecule has 0 atom stereocenters. The molecule has 0 radical (unpaired) electrons. The van der Waals surface area contributed by atoms with E-state index in [-0.39, 0.29) is 11.9 Å². The third-order valence-electron chi connectivity index (χ3n) is 7.30. The lowest BCUT2D eigenvalue weighted by atomic mass is 10.0. The second-order valence-corrected chi connectivity index (χ2v) is 10.8. The molecule has 1 aromatic carbocycles. The van der Waals surface area contributed by atoms with Gasteiger partial charge >= 0.3 is 11.9 Å². The predicted molar refractivity (Wildman–Crippen MR) is 155 cm³/mol. The molecule has 0 fully saturated rings. The van der Waals surface area contributed by atoms with E-state index in [0.717, 1.165) is 56.1 Å². The summed E-state index contributed by atoms with van der Waals surface area (Å²) in [5, 5.41) is 0. The van der Waals surface area contributed by atoms with E-state index in [1.165, 1.54) is 77.0 Å². The Balaban J connectivity index is 1.82. The first-order chi connectivity index (χ1) is 18.0. The lowest BCUT2D eigenvalue weighted by molar-refractivity contribution is -0.144. The molecule has 0 N–H and O–H groups in total. The highest BCUT2D eigenvalue weighted by atomic mass is 16.5. The van der Waals surface area contributed by atoms with E-state index in [2.05, 4.69) is 6.92 Å². The van der Waals surface area contributed by atoms with E-state index in [1.807, 2.05) is 32.0 Å². The van der Waals surface area contributed by atoms with Gasteiger partial charge in [0.15, 0.2) is 0 Å². The van der Waals surface area contributed by atoms with Gasteiger partial charge in [-0.3, -0.25) is 9.59 Å². The molecule has 0 saturated carbocycles. The largest absolute Gasteiger partial charge is 0.466 e. The van der Waals surface area contributed by atoms with E-state index in [0.29, 0.717) is 25.2 Å². The zero-order chi connectivity index (χ0) is 27.0. The molecule has 0 aliphatic carbocycles. The third-order valence-corrected chi connectivity index (χ3v) is 7.30. The summed E-state index contributed by atoms with van der Waals surface area (Å²) in [4.78, 5) is 23.9. The molecule has 0 bridgehead atoms. The highest BCUT2D eigenvalue weighted by Gasteiger charge is 2.08. The summed E-state index contributed by atoms with van der Waals surface area (Å²) >= 11 is 0. The summed E-state index contributed by atoms with van der Waals surface area (Å²) in [6.07, 6.45) is 24.2. The van der Waals surface area contributed by atoms with Gasteiger partial charge in [0.1, 0.15) is 5.75 Å². The smallest absolute Gasteiger partial charge is 0.311 e. The molecule has 0 unspecified atom stereocenters. The number of unbranched alkanes of at least 4 members (excludes halogenated alkanes) is 17. The summed E-state index contributed by atoms with van der Waals surface area (Å²) in [6.45, 7) is 6.85. The monoisotopic (exact) mass is 516 g/mol. The number of hydrogen-bond donors (Lipinski definition) is 0. The number of hydrogen-bond acceptors (Lipinski definition) is 4. The third kappa shape index (κ3) is 19.0. The Morgan fingerprint density at radius 1 is 0.595 bits per heavy atom. The minimum Gasteiger partial charge on any atom is -0.466 e. The normalized spacial score (nSPS) is 11.0. The zero-order valence-electron chi connectivity index (χ0n) is 24.4. The number of benzene rings is 1. The number of rotatable bonds is 24. The highest BCUT2D eigenvalue weighted by molar-refractivity contribution is 5.72. The molecular formula is C33H56O4. The van der Waals surface area contributed by atoms with Crippen LogP contribution in [-0.4, -0.2) is 18.5 Å². The van der Waals surface area contributed by atoms with Gasteiger partial charge in [0.2, 0.25) is 0 Å². The van der Waals surface area contributed by atoms with Crippen molar-refractivity contribution in [1.82, 2.24) is 0 Å². The zero-order valence-corrected chi connectivity index (χ0v) is 24.4. The lowest BCUT2D eigenvalue weighted by Gasteiger charge is -2.09. The second kappa shape index (κ2) is 23.3. The minimum atomic E-state index is -0.153. The quantitative estimate of drug-likeness (QED) is 0.0779. The number of carbonyl (C=O) groups excluding carboxylic acids is 2. The second-order valence-electron chi connectivity index (χ2n) is 10.8. The van der Waals surface area contributed by atoms with Crippen LogP contribution in [0.5, 0.6) is 5.75 Å². The van der Waals surface area contributed by atoms with Crippen LogP contribution in [0.3, 0.4) is 0 Å². The molecule has 0 aromatic heterocycles. The van der Waals surface area contributed by atoms with Gasteiger partial charge in [0.25, 0.3) is 0 Å². The molecule has 4 heteroatoms. The first kappa shape index (κ1) is 33.2. The van der Waals surface area contributed by atoms with Crippen LogP contribution < -0.4 is 4.74 Å². The fourth-order valence-corrected chi connectivity index (χ4v) is 4.63. The van der Waals surface area contributed by atoms with Crippen molar-refractivity contribution in [2.45, 2.75) is 156 Å². The standard InChI is InChI=1S/C33H56O4/c1-4-5-6-7-8-9-10-11-12-13-16-19-22-28-36-32(34)26-20-17-14-15-18-21-27-33(35)37-31-25-23-24-29(2)30(31)3/h23-25H,4-22,26-28H2,1-3H3. The lowest BCUT2D eigenvalue weighted by Crippen LogP contribution is -2.08. The van der Waals surface area contributed by atoms with Crippen LogP contribution in [0.25, 0.3) is 0 Å². The van der Waals surface area contributed by atoms with Crippen molar-refractivity contribution in [3.63, 3.8) is 0 Å². The Morgan fingerprint density at radius 3 is 1.59 bits per heavy atom. The average molecular weight is 517 g/mol. The Hall–Kier alpha value is -1.84. The Morgan fingerprint density at radius 2 is 1.05 bits per heavy atom. The van der Waals surface area contributed by atoms with Crippen LogP contribution in [-0.2, 0) is 14.3 Å². The molecule has 4 nitrogen and oxygen atoms in total. The van der Waals surface area contributed by atoms with Crippen LogP contribution in [0.4, 0.5) is 0 Å². The van der Waals surface area contributed by atoms with E-state index in [1.54, 1.807) is 0 Å². The first-order valence-corrected chi connectivity index (χ1v) is 15.5. The van der Waals surface area contributed by atoms with Crippen molar-refractivity contribution < 1.29 is 19.1 Å². The Labute approximate surface area is 228 Å². The molecule has 212 valence electrons. The van der Waals surface area contributed by atoms with Crippen LogP contribution in [0, 0.1) is 13.8 Å². The van der Waals surface area contributed by atoms with Gasteiger partial charge in [0.05, 0.1) is 6.61 Å².